The normalized spacial score (nSPS) is 10.2. The maximum absolute atomic E-state index is 11.3. The maximum Gasteiger partial charge on any atom is 0.427 e. The molecule has 0 aliphatic rings. The van der Waals surface area contributed by atoms with Crippen molar-refractivity contribution in [2.24, 2.45) is 0 Å². The second kappa shape index (κ2) is 3.53. The summed E-state index contributed by atoms with van der Waals surface area (Å²) in [5.74, 6) is -0.0693. The summed E-state index contributed by atoms with van der Waals surface area (Å²) in [4.78, 5) is 22.2. The van der Waals surface area contributed by atoms with Crippen molar-refractivity contribution in [2.45, 2.75) is 6.92 Å². The molecule has 76 valence electrons. The van der Waals surface area contributed by atoms with Gasteiger partial charge in [-0.1, -0.05) is 12.1 Å². The molecule has 15 heavy (non-hydrogen) atoms. The van der Waals surface area contributed by atoms with Crippen LogP contribution in [0.2, 0.25) is 0 Å². The minimum absolute atomic E-state index is 0.0693. The zero-order valence-electron chi connectivity index (χ0n) is 8.06. The Hall–Kier alpha value is -2.17. The molecule has 1 N–H and O–H groups in total. The summed E-state index contributed by atoms with van der Waals surface area (Å²) in [7, 11) is 0. The smallest absolute Gasteiger partial charge is 0.294 e. The average molecular weight is 205 g/mol. The molecule has 0 fully saturated rings. The number of carbonyl (C=O) groups excluding carboxylic acids is 1. The van der Waals surface area contributed by atoms with E-state index in [1.807, 2.05) is 0 Å². The fourth-order valence-corrected chi connectivity index (χ4v) is 1.35. The van der Waals surface area contributed by atoms with Crippen LogP contribution in [0.15, 0.2) is 39.8 Å². The van der Waals surface area contributed by atoms with E-state index in [1.54, 1.807) is 24.3 Å². The van der Waals surface area contributed by atoms with E-state index in [9.17, 15) is 9.59 Å². The third-order valence-corrected chi connectivity index (χ3v) is 2.02. The number of ketones is 1. The van der Waals surface area contributed by atoms with E-state index < -0.39 is 5.63 Å². The molecule has 0 aliphatic carbocycles. The largest absolute Gasteiger partial charge is 0.427 e. The number of hydrogen-bond donors (Lipinski definition) is 1. The van der Waals surface area contributed by atoms with Crippen molar-refractivity contribution in [3.05, 3.63) is 46.4 Å². The molecule has 0 bridgehead atoms. The molecule has 0 aliphatic heterocycles. The van der Waals surface area contributed by atoms with Crippen molar-refractivity contribution in [1.29, 1.82) is 0 Å². The second-order valence-corrected chi connectivity index (χ2v) is 3.08. The first-order chi connectivity index (χ1) is 7.18. The van der Waals surface area contributed by atoms with Crippen molar-refractivity contribution < 1.29 is 14.0 Å². The predicted octanol–water partition coefficient (Wildman–Crippen LogP) is 0.447. The Balaban J connectivity index is 2.62. The monoisotopic (exact) mass is 205 g/mol. The van der Waals surface area contributed by atoms with Crippen molar-refractivity contribution >= 4 is 5.78 Å². The highest BCUT2D eigenvalue weighted by Gasteiger charge is 2.17. The highest BCUT2D eigenvalue weighted by Crippen LogP contribution is 2.07. The molecule has 0 spiro atoms. The van der Waals surface area contributed by atoms with Crippen LogP contribution in [0, 0.1) is 0 Å². The van der Waals surface area contributed by atoms with Gasteiger partial charge >= 0.3 is 5.63 Å². The summed E-state index contributed by atoms with van der Waals surface area (Å²) in [6.45, 7) is 1.47. The van der Waals surface area contributed by atoms with Crippen LogP contribution in [-0.4, -0.2) is 11.1 Å². The molecule has 0 unspecified atom stereocenters. The van der Waals surface area contributed by atoms with Gasteiger partial charge in [-0.2, -0.15) is 0 Å². The molecular formula is C10H9N2O3+. The van der Waals surface area contributed by atoms with Crippen LogP contribution >= 0.6 is 0 Å². The number of nitrogens with one attached hydrogen (secondary N) is 1. The van der Waals surface area contributed by atoms with Gasteiger partial charge in [0.25, 0.3) is 6.20 Å². The van der Waals surface area contributed by atoms with Crippen molar-refractivity contribution in [1.82, 2.24) is 5.27 Å². The van der Waals surface area contributed by atoms with Crippen LogP contribution < -0.4 is 10.3 Å². The van der Waals surface area contributed by atoms with Gasteiger partial charge in [-0.25, -0.2) is 4.79 Å². The van der Waals surface area contributed by atoms with Gasteiger partial charge in [-0.3, -0.25) is 9.32 Å². The zero-order chi connectivity index (χ0) is 10.8. The van der Waals surface area contributed by atoms with Crippen LogP contribution in [-0.2, 0) is 0 Å². The number of H-pyrrole nitrogens is 1. The summed E-state index contributed by atoms with van der Waals surface area (Å²) in [6, 6.07) is 6.96. The number of rotatable bonds is 2. The lowest BCUT2D eigenvalue weighted by Crippen LogP contribution is -2.34. The Kier molecular flexibility index (Phi) is 2.21. The lowest BCUT2D eigenvalue weighted by molar-refractivity contribution is -0.670. The van der Waals surface area contributed by atoms with Gasteiger partial charge in [0.05, 0.1) is 5.56 Å². The lowest BCUT2D eigenvalue weighted by atomic mass is 10.1. The van der Waals surface area contributed by atoms with E-state index in [1.165, 1.54) is 17.8 Å². The van der Waals surface area contributed by atoms with Gasteiger partial charge < -0.3 is 0 Å². The SMILES string of the molecule is CC(=O)c1ccccc1-[n+]1cc(=O)o[nH]1. The molecule has 0 radical (unpaired) electrons. The Bertz CT molecular complexity index is 554. The highest BCUT2D eigenvalue weighted by atomic mass is 16.5. The predicted molar refractivity (Wildman–Crippen MR) is 50.9 cm³/mol. The van der Waals surface area contributed by atoms with E-state index in [-0.39, 0.29) is 5.78 Å². The number of aromatic amines is 1. The molecule has 0 saturated heterocycles. The molecule has 1 heterocycles. The Morgan fingerprint density at radius 1 is 1.40 bits per heavy atom. The number of benzene rings is 1. The highest BCUT2D eigenvalue weighted by molar-refractivity contribution is 5.96. The third kappa shape index (κ3) is 1.71. The Morgan fingerprint density at radius 3 is 2.73 bits per heavy atom. The molecule has 2 aromatic rings. The summed E-state index contributed by atoms with van der Waals surface area (Å²) in [5.41, 5.74) is 0.628. The van der Waals surface area contributed by atoms with E-state index in [4.69, 9.17) is 0 Å². The Labute approximate surface area is 84.9 Å². The van der Waals surface area contributed by atoms with E-state index >= 15 is 0 Å². The van der Waals surface area contributed by atoms with Gasteiger partial charge in [0.1, 0.15) is 0 Å². The summed E-state index contributed by atoms with van der Waals surface area (Å²) < 4.78 is 5.90. The van der Waals surface area contributed by atoms with E-state index in [0.717, 1.165) is 0 Å². The molecule has 5 heteroatoms. The molecule has 5 nitrogen and oxygen atoms in total. The molecule has 1 aromatic heterocycles. The van der Waals surface area contributed by atoms with Crippen LogP contribution in [0.25, 0.3) is 5.69 Å². The summed E-state index contributed by atoms with van der Waals surface area (Å²) >= 11 is 0. The first-order valence-corrected chi connectivity index (χ1v) is 4.39. The Morgan fingerprint density at radius 2 is 2.13 bits per heavy atom. The molecule has 0 atom stereocenters. The van der Waals surface area contributed by atoms with Gasteiger partial charge in [0, 0.05) is 6.07 Å². The second-order valence-electron chi connectivity index (χ2n) is 3.08. The number of Topliss-reactive ketones (excluding diaryl/α,β-unsaturated/α-hetero) is 1. The van der Waals surface area contributed by atoms with Gasteiger partial charge in [-0.05, 0) is 22.9 Å². The molecule has 2 rings (SSSR count). The third-order valence-electron chi connectivity index (χ3n) is 2.02. The molecular weight excluding hydrogens is 196 g/mol. The number of carbonyl (C=O) groups is 1. The first kappa shape index (κ1) is 9.39. The first-order valence-electron chi connectivity index (χ1n) is 4.39. The van der Waals surface area contributed by atoms with Crippen LogP contribution in [0.5, 0.6) is 0 Å². The fourth-order valence-electron chi connectivity index (χ4n) is 1.35. The maximum atomic E-state index is 11.3. The van der Waals surface area contributed by atoms with Crippen LogP contribution in [0.4, 0.5) is 0 Å². The number of aromatic nitrogens is 2. The minimum Gasteiger partial charge on any atom is -0.294 e. The number of nitrogens with zero attached hydrogens (tertiary/aromatic N) is 1. The van der Waals surface area contributed by atoms with Gasteiger partial charge in [-0.15, -0.1) is 0 Å². The topological polar surface area (TPSA) is 66.9 Å². The minimum atomic E-state index is -0.492. The molecule has 0 saturated carbocycles. The van der Waals surface area contributed by atoms with Crippen LogP contribution in [0.3, 0.4) is 0 Å². The fraction of sp³-hybridized carbons (Fsp3) is 0.100. The number of para-hydroxylation sites is 1. The van der Waals surface area contributed by atoms with Crippen molar-refractivity contribution in [2.75, 3.05) is 0 Å². The van der Waals surface area contributed by atoms with Crippen molar-refractivity contribution in [3.8, 4) is 5.69 Å². The standard InChI is InChI=1S/C10H8N2O3/c1-7(13)8-4-2-3-5-9(8)12-6-10(14)15-11-12/h2-6H,1H3/p+1. The molecule has 0 amide bonds. The zero-order valence-corrected chi connectivity index (χ0v) is 8.06. The quantitative estimate of drug-likeness (QED) is 0.571. The summed E-state index contributed by atoms with van der Waals surface area (Å²) in [5, 5.41) is 2.39. The van der Waals surface area contributed by atoms with Crippen LogP contribution in [0.1, 0.15) is 17.3 Å². The van der Waals surface area contributed by atoms with E-state index in [2.05, 4.69) is 9.79 Å². The van der Waals surface area contributed by atoms with Crippen molar-refractivity contribution in [3.63, 3.8) is 0 Å². The summed E-state index contributed by atoms with van der Waals surface area (Å²) in [6.07, 6.45) is 1.24. The molecule has 1 aromatic carbocycles. The van der Waals surface area contributed by atoms with Gasteiger partial charge in [0.15, 0.2) is 5.78 Å². The number of hydrogen-bond acceptors (Lipinski definition) is 3. The average Bonchev–Trinajstić information content (AvgIpc) is 2.65. The van der Waals surface area contributed by atoms with Gasteiger partial charge in [0.2, 0.25) is 5.69 Å². The lowest BCUT2D eigenvalue weighted by Gasteiger charge is -1.95. The van der Waals surface area contributed by atoms with E-state index in [0.29, 0.717) is 11.3 Å².